The maximum absolute atomic E-state index is 12.6. The number of carbonyl (C=O) groups excluding carboxylic acids is 2. The Balaban J connectivity index is 1.44. The van der Waals surface area contributed by atoms with E-state index < -0.39 is 0 Å². The second-order valence-electron chi connectivity index (χ2n) is 7.08. The number of ether oxygens (including phenoxy) is 2. The van der Waals surface area contributed by atoms with Crippen molar-refractivity contribution >= 4 is 28.3 Å². The molecular weight excluding hydrogens is 414 g/mol. The molecule has 7 nitrogen and oxygen atoms in total. The van der Waals surface area contributed by atoms with Crippen molar-refractivity contribution in [1.29, 1.82) is 0 Å². The normalized spacial score (nSPS) is 13.6. The largest absolute Gasteiger partial charge is 0.483 e. The van der Waals surface area contributed by atoms with Crippen LogP contribution >= 0.6 is 11.3 Å². The summed E-state index contributed by atoms with van der Waals surface area (Å²) in [7, 11) is 0. The lowest BCUT2D eigenvalue weighted by Crippen LogP contribution is -2.43. The van der Waals surface area contributed by atoms with Gasteiger partial charge < -0.3 is 14.4 Å². The Morgan fingerprint density at radius 3 is 2.68 bits per heavy atom. The fourth-order valence-corrected chi connectivity index (χ4v) is 4.00. The van der Waals surface area contributed by atoms with Crippen molar-refractivity contribution in [1.82, 2.24) is 9.88 Å². The van der Waals surface area contributed by atoms with E-state index in [0.29, 0.717) is 48.4 Å². The van der Waals surface area contributed by atoms with E-state index in [-0.39, 0.29) is 18.4 Å². The lowest BCUT2D eigenvalue weighted by Gasteiger charge is -2.26. The number of anilines is 1. The van der Waals surface area contributed by atoms with Crippen molar-refractivity contribution in [2.24, 2.45) is 0 Å². The average molecular weight is 438 g/mol. The molecule has 31 heavy (non-hydrogen) atoms. The van der Waals surface area contributed by atoms with Crippen LogP contribution in [0.1, 0.15) is 15.9 Å². The zero-order chi connectivity index (χ0) is 21.6. The van der Waals surface area contributed by atoms with Crippen molar-refractivity contribution in [2.75, 3.05) is 38.2 Å². The molecule has 1 saturated heterocycles. The van der Waals surface area contributed by atoms with E-state index in [1.165, 1.54) is 11.3 Å². The van der Waals surface area contributed by atoms with Crippen LogP contribution in [-0.2, 0) is 9.53 Å². The molecular formula is C23H23N3O4S. The molecule has 0 atom stereocenters. The topological polar surface area (TPSA) is 80.8 Å². The lowest BCUT2D eigenvalue weighted by atomic mass is 10.1. The van der Waals surface area contributed by atoms with Gasteiger partial charge in [0.25, 0.3) is 11.8 Å². The van der Waals surface area contributed by atoms with E-state index in [1.807, 2.05) is 54.8 Å². The van der Waals surface area contributed by atoms with Crippen LogP contribution in [0.3, 0.4) is 0 Å². The second kappa shape index (κ2) is 9.72. The van der Waals surface area contributed by atoms with Crippen molar-refractivity contribution in [2.45, 2.75) is 6.92 Å². The van der Waals surface area contributed by atoms with Gasteiger partial charge in [-0.2, -0.15) is 0 Å². The highest BCUT2D eigenvalue weighted by molar-refractivity contribution is 7.14. The van der Waals surface area contributed by atoms with E-state index >= 15 is 0 Å². The number of aryl methyl sites for hydroxylation is 1. The number of nitrogens with one attached hydrogen (secondary N) is 1. The number of morpholine rings is 1. The van der Waals surface area contributed by atoms with Crippen molar-refractivity contribution in [3.05, 3.63) is 65.0 Å². The number of hydrogen-bond acceptors (Lipinski definition) is 6. The first kappa shape index (κ1) is 21.0. The standard InChI is InChI=1S/C23H23N3O4S/c1-16-6-2-3-7-17(16)22(28)25-23-24-19(15-31-23)18-8-4-5-9-20(18)30-14-21(27)26-10-12-29-13-11-26/h2-9,15H,10-14H2,1H3,(H,24,25,28). The molecule has 1 aromatic heterocycles. The number of nitrogens with zero attached hydrogens (tertiary/aromatic N) is 2. The Hall–Kier alpha value is -3.23. The summed E-state index contributed by atoms with van der Waals surface area (Å²) in [5.41, 5.74) is 2.97. The first-order valence-corrected chi connectivity index (χ1v) is 10.9. The first-order chi connectivity index (χ1) is 15.1. The van der Waals surface area contributed by atoms with Gasteiger partial charge in [-0.15, -0.1) is 11.3 Å². The molecule has 0 saturated carbocycles. The second-order valence-corrected chi connectivity index (χ2v) is 7.94. The number of aromatic nitrogens is 1. The molecule has 160 valence electrons. The van der Waals surface area contributed by atoms with Crippen molar-refractivity contribution in [3.8, 4) is 17.0 Å². The zero-order valence-corrected chi connectivity index (χ0v) is 18.0. The van der Waals surface area contributed by atoms with Crippen LogP contribution in [0.4, 0.5) is 5.13 Å². The predicted molar refractivity (Wildman–Crippen MR) is 120 cm³/mol. The number of hydrogen-bond donors (Lipinski definition) is 1. The quantitative estimate of drug-likeness (QED) is 0.637. The summed E-state index contributed by atoms with van der Waals surface area (Å²) in [5, 5.41) is 5.22. The number of rotatable bonds is 6. The van der Waals surface area contributed by atoms with Gasteiger partial charge in [0.05, 0.1) is 18.9 Å². The molecule has 1 fully saturated rings. The zero-order valence-electron chi connectivity index (χ0n) is 17.2. The number of thiazole rings is 1. The molecule has 2 amide bonds. The Morgan fingerprint density at radius 1 is 1.13 bits per heavy atom. The Morgan fingerprint density at radius 2 is 1.87 bits per heavy atom. The van der Waals surface area contributed by atoms with Crippen LogP contribution in [0, 0.1) is 6.92 Å². The number of amides is 2. The average Bonchev–Trinajstić information content (AvgIpc) is 3.26. The van der Waals surface area contributed by atoms with Crippen molar-refractivity contribution < 1.29 is 19.1 Å². The van der Waals surface area contributed by atoms with E-state index in [2.05, 4.69) is 10.3 Å². The van der Waals surface area contributed by atoms with Crippen LogP contribution < -0.4 is 10.1 Å². The summed E-state index contributed by atoms with van der Waals surface area (Å²) in [6, 6.07) is 14.8. The highest BCUT2D eigenvalue weighted by atomic mass is 32.1. The molecule has 4 rings (SSSR count). The third-order valence-corrected chi connectivity index (χ3v) is 5.75. The number of benzene rings is 2. The predicted octanol–water partition coefficient (Wildman–Crippen LogP) is 3.61. The van der Waals surface area contributed by atoms with Crippen LogP contribution in [0.25, 0.3) is 11.3 Å². The molecule has 0 radical (unpaired) electrons. The van der Waals surface area contributed by atoms with E-state index in [4.69, 9.17) is 9.47 Å². The monoisotopic (exact) mass is 437 g/mol. The molecule has 3 aromatic rings. The maximum atomic E-state index is 12.6. The molecule has 2 aromatic carbocycles. The summed E-state index contributed by atoms with van der Waals surface area (Å²) in [4.78, 5) is 31.2. The summed E-state index contributed by atoms with van der Waals surface area (Å²) in [6.07, 6.45) is 0. The molecule has 0 spiro atoms. The van der Waals surface area contributed by atoms with Crippen LogP contribution in [-0.4, -0.2) is 54.6 Å². The van der Waals surface area contributed by atoms with Crippen molar-refractivity contribution in [3.63, 3.8) is 0 Å². The summed E-state index contributed by atoms with van der Waals surface area (Å²) < 4.78 is 11.1. The molecule has 1 aliphatic heterocycles. The van der Waals surface area contributed by atoms with E-state index in [0.717, 1.165) is 11.1 Å². The molecule has 1 N–H and O–H groups in total. The van der Waals surface area contributed by atoms with Gasteiger partial charge in [-0.05, 0) is 30.7 Å². The highest BCUT2D eigenvalue weighted by Gasteiger charge is 2.19. The molecule has 0 aliphatic carbocycles. The van der Waals surface area contributed by atoms with Gasteiger partial charge in [-0.3, -0.25) is 14.9 Å². The summed E-state index contributed by atoms with van der Waals surface area (Å²) in [5.74, 6) is 0.313. The lowest BCUT2D eigenvalue weighted by molar-refractivity contribution is -0.137. The Labute approximate surface area is 184 Å². The minimum atomic E-state index is -0.195. The van der Waals surface area contributed by atoms with Gasteiger partial charge in [-0.1, -0.05) is 30.3 Å². The fraction of sp³-hybridized carbons (Fsp3) is 0.261. The van der Waals surface area contributed by atoms with Crippen LogP contribution in [0.5, 0.6) is 5.75 Å². The first-order valence-electron chi connectivity index (χ1n) is 10.0. The molecule has 0 unspecified atom stereocenters. The third kappa shape index (κ3) is 5.10. The molecule has 2 heterocycles. The van der Waals surface area contributed by atoms with Gasteiger partial charge in [0.2, 0.25) is 0 Å². The molecule has 0 bridgehead atoms. The number of carbonyl (C=O) groups is 2. The van der Waals surface area contributed by atoms with Gasteiger partial charge in [0, 0.05) is 29.6 Å². The smallest absolute Gasteiger partial charge is 0.260 e. The van der Waals surface area contributed by atoms with Gasteiger partial charge in [-0.25, -0.2) is 4.98 Å². The summed E-state index contributed by atoms with van der Waals surface area (Å²) >= 11 is 1.34. The highest BCUT2D eigenvalue weighted by Crippen LogP contribution is 2.32. The van der Waals surface area contributed by atoms with Crippen LogP contribution in [0.15, 0.2) is 53.9 Å². The van der Waals surface area contributed by atoms with Gasteiger partial charge in [0.15, 0.2) is 11.7 Å². The third-order valence-electron chi connectivity index (χ3n) is 4.99. The van der Waals surface area contributed by atoms with Gasteiger partial charge in [0.1, 0.15) is 5.75 Å². The van der Waals surface area contributed by atoms with Gasteiger partial charge >= 0.3 is 0 Å². The van der Waals surface area contributed by atoms with E-state index in [9.17, 15) is 9.59 Å². The minimum absolute atomic E-state index is 0.0436. The Kier molecular flexibility index (Phi) is 6.59. The fourth-order valence-electron chi connectivity index (χ4n) is 3.29. The Bertz CT molecular complexity index is 1080. The molecule has 1 aliphatic rings. The summed E-state index contributed by atoms with van der Waals surface area (Å²) in [6.45, 7) is 4.13. The molecule has 8 heteroatoms. The van der Waals surface area contributed by atoms with E-state index in [1.54, 1.807) is 11.0 Å². The maximum Gasteiger partial charge on any atom is 0.260 e. The number of para-hydroxylation sites is 1. The van der Waals surface area contributed by atoms with Crippen LogP contribution in [0.2, 0.25) is 0 Å². The SMILES string of the molecule is Cc1ccccc1C(=O)Nc1nc(-c2ccccc2OCC(=O)N2CCOCC2)cs1. The minimum Gasteiger partial charge on any atom is -0.483 e.